The van der Waals surface area contributed by atoms with Crippen LogP contribution in [-0.2, 0) is 26.7 Å². The molecule has 142 valence electrons. The number of halogens is 1. The predicted octanol–water partition coefficient (Wildman–Crippen LogP) is -0.449. The zero-order chi connectivity index (χ0) is 20.0. The SMILES string of the molecule is CN(C)C(=O)c1nn(C)c(NC2=C(I)C(=O)N(C)C2=O)c1NS(C)(=O)=O. The highest BCUT2D eigenvalue weighted by molar-refractivity contribution is 14.1. The van der Waals surface area contributed by atoms with Gasteiger partial charge in [-0.1, -0.05) is 0 Å². The number of anilines is 2. The van der Waals surface area contributed by atoms with Crippen LogP contribution < -0.4 is 10.0 Å². The van der Waals surface area contributed by atoms with Gasteiger partial charge in [0, 0.05) is 28.2 Å². The Bertz CT molecular complexity index is 948. The fourth-order valence-electron chi connectivity index (χ4n) is 2.15. The summed E-state index contributed by atoms with van der Waals surface area (Å²) in [6.45, 7) is 0. The first-order valence-corrected chi connectivity index (χ1v) is 10.1. The third kappa shape index (κ3) is 3.67. The normalized spacial score (nSPS) is 14.9. The summed E-state index contributed by atoms with van der Waals surface area (Å²) in [6, 6.07) is 0. The van der Waals surface area contributed by atoms with Crippen molar-refractivity contribution in [2.24, 2.45) is 7.05 Å². The molecule has 1 aromatic heterocycles. The van der Waals surface area contributed by atoms with Gasteiger partial charge in [0.05, 0.1) is 6.26 Å². The predicted molar refractivity (Wildman–Crippen MR) is 102 cm³/mol. The molecule has 0 radical (unpaired) electrons. The minimum atomic E-state index is -3.74. The van der Waals surface area contributed by atoms with Crippen molar-refractivity contribution in [3.8, 4) is 0 Å². The number of imide groups is 1. The van der Waals surface area contributed by atoms with Crippen LogP contribution in [0.5, 0.6) is 0 Å². The van der Waals surface area contributed by atoms with Gasteiger partial charge < -0.3 is 10.2 Å². The van der Waals surface area contributed by atoms with E-state index in [4.69, 9.17) is 0 Å². The molecule has 11 nitrogen and oxygen atoms in total. The van der Waals surface area contributed by atoms with Crippen LogP contribution in [0, 0.1) is 0 Å². The second-order valence-electron chi connectivity index (χ2n) is 5.75. The summed E-state index contributed by atoms with van der Waals surface area (Å²) < 4.78 is 27.1. The van der Waals surface area contributed by atoms with E-state index < -0.39 is 27.7 Å². The summed E-state index contributed by atoms with van der Waals surface area (Å²) in [6.07, 6.45) is 0.925. The molecule has 0 unspecified atom stereocenters. The molecular formula is C13H17IN6O5S. The first-order chi connectivity index (χ1) is 11.8. The van der Waals surface area contributed by atoms with Gasteiger partial charge >= 0.3 is 0 Å². The van der Waals surface area contributed by atoms with Gasteiger partial charge in [-0.15, -0.1) is 0 Å². The van der Waals surface area contributed by atoms with Crippen LogP contribution in [-0.4, -0.2) is 73.1 Å². The van der Waals surface area contributed by atoms with Crippen molar-refractivity contribution in [3.05, 3.63) is 15.0 Å². The van der Waals surface area contributed by atoms with Gasteiger partial charge in [-0.25, -0.2) is 13.1 Å². The number of nitrogens with one attached hydrogen (secondary N) is 2. The van der Waals surface area contributed by atoms with E-state index in [0.717, 1.165) is 11.2 Å². The Labute approximate surface area is 163 Å². The number of carbonyl (C=O) groups excluding carboxylic acids is 3. The van der Waals surface area contributed by atoms with Crippen molar-refractivity contribution in [2.45, 2.75) is 0 Å². The van der Waals surface area contributed by atoms with E-state index in [2.05, 4.69) is 15.1 Å². The Kier molecular flexibility index (Phi) is 5.32. The monoisotopic (exact) mass is 496 g/mol. The molecule has 0 bridgehead atoms. The minimum Gasteiger partial charge on any atom is -0.343 e. The lowest BCUT2D eigenvalue weighted by molar-refractivity contribution is -0.135. The second kappa shape index (κ2) is 6.86. The van der Waals surface area contributed by atoms with Gasteiger partial charge in [0.1, 0.15) is 15.0 Å². The Hall–Kier alpha value is -2.16. The fraction of sp³-hybridized carbons (Fsp3) is 0.385. The molecule has 0 saturated heterocycles. The summed E-state index contributed by atoms with van der Waals surface area (Å²) >= 11 is 1.72. The van der Waals surface area contributed by atoms with Crippen LogP contribution in [0.1, 0.15) is 10.5 Å². The number of aromatic nitrogens is 2. The van der Waals surface area contributed by atoms with Gasteiger partial charge in [-0.05, 0) is 22.6 Å². The molecule has 26 heavy (non-hydrogen) atoms. The highest BCUT2D eigenvalue weighted by Crippen LogP contribution is 2.32. The van der Waals surface area contributed by atoms with Crippen molar-refractivity contribution in [1.82, 2.24) is 19.6 Å². The summed E-state index contributed by atoms with van der Waals surface area (Å²) in [7, 11) is 2.05. The maximum Gasteiger partial charge on any atom is 0.278 e. The van der Waals surface area contributed by atoms with Crippen LogP contribution in [0.4, 0.5) is 11.5 Å². The van der Waals surface area contributed by atoms with Crippen molar-refractivity contribution < 1.29 is 22.8 Å². The molecule has 0 aliphatic carbocycles. The minimum absolute atomic E-state index is 0.0264. The van der Waals surface area contributed by atoms with Gasteiger partial charge in [-0.2, -0.15) is 5.10 Å². The third-order valence-corrected chi connectivity index (χ3v) is 4.99. The Morgan fingerprint density at radius 2 is 1.77 bits per heavy atom. The van der Waals surface area contributed by atoms with Crippen molar-refractivity contribution in [1.29, 1.82) is 0 Å². The maximum atomic E-state index is 12.3. The molecule has 13 heteroatoms. The topological polar surface area (TPSA) is 134 Å². The first-order valence-electron chi connectivity index (χ1n) is 7.10. The molecule has 2 N–H and O–H groups in total. The second-order valence-corrected chi connectivity index (χ2v) is 8.58. The number of nitrogens with zero attached hydrogens (tertiary/aromatic N) is 4. The van der Waals surface area contributed by atoms with Crippen molar-refractivity contribution in [3.63, 3.8) is 0 Å². The zero-order valence-electron chi connectivity index (χ0n) is 14.6. The summed E-state index contributed by atoms with van der Waals surface area (Å²) in [5.41, 5.74) is -0.284. The molecule has 1 aliphatic rings. The van der Waals surface area contributed by atoms with E-state index in [1.807, 2.05) is 0 Å². The van der Waals surface area contributed by atoms with Crippen LogP contribution >= 0.6 is 22.6 Å². The van der Waals surface area contributed by atoms with E-state index in [0.29, 0.717) is 0 Å². The number of aryl methyl sites for hydroxylation is 1. The molecule has 0 atom stereocenters. The average Bonchev–Trinajstić information content (AvgIpc) is 2.91. The molecular weight excluding hydrogens is 479 g/mol. The van der Waals surface area contributed by atoms with Crippen LogP contribution in [0.15, 0.2) is 9.28 Å². The highest BCUT2D eigenvalue weighted by Gasteiger charge is 2.36. The van der Waals surface area contributed by atoms with Crippen molar-refractivity contribution in [2.75, 3.05) is 37.4 Å². The lowest BCUT2D eigenvalue weighted by atomic mass is 10.3. The van der Waals surface area contributed by atoms with E-state index in [9.17, 15) is 22.8 Å². The molecule has 0 fully saturated rings. The average molecular weight is 496 g/mol. The Morgan fingerprint density at radius 1 is 1.19 bits per heavy atom. The quantitative estimate of drug-likeness (QED) is 0.417. The van der Waals surface area contributed by atoms with Crippen LogP contribution in [0.3, 0.4) is 0 Å². The number of rotatable bonds is 5. The molecule has 2 heterocycles. The fourth-order valence-corrected chi connectivity index (χ4v) is 3.44. The van der Waals surface area contributed by atoms with Crippen LogP contribution in [0.2, 0.25) is 0 Å². The van der Waals surface area contributed by atoms with E-state index in [1.54, 1.807) is 22.6 Å². The smallest absolute Gasteiger partial charge is 0.278 e. The van der Waals surface area contributed by atoms with Gasteiger partial charge in [0.2, 0.25) is 10.0 Å². The molecule has 1 aromatic rings. The number of carbonyl (C=O) groups is 3. The van der Waals surface area contributed by atoms with Gasteiger partial charge in [0.15, 0.2) is 11.5 Å². The Morgan fingerprint density at radius 3 is 2.19 bits per heavy atom. The maximum absolute atomic E-state index is 12.3. The summed E-state index contributed by atoms with van der Waals surface area (Å²) in [4.78, 5) is 38.6. The number of sulfonamides is 1. The van der Waals surface area contributed by atoms with Crippen molar-refractivity contribution >= 4 is 61.8 Å². The highest BCUT2D eigenvalue weighted by atomic mass is 127. The lowest BCUT2D eigenvalue weighted by Gasteiger charge is -2.13. The molecule has 0 saturated carbocycles. The van der Waals surface area contributed by atoms with Crippen LogP contribution in [0.25, 0.3) is 0 Å². The van der Waals surface area contributed by atoms with Gasteiger partial charge in [0.25, 0.3) is 17.7 Å². The molecule has 3 amide bonds. The van der Waals surface area contributed by atoms with Gasteiger partial charge in [-0.3, -0.25) is 24.0 Å². The summed E-state index contributed by atoms with van der Waals surface area (Å²) in [5.74, 6) is -1.54. The van der Waals surface area contributed by atoms with E-state index in [1.165, 1.54) is 37.8 Å². The zero-order valence-corrected chi connectivity index (χ0v) is 17.6. The first kappa shape index (κ1) is 20.2. The number of likely N-dealkylation sites (N-methyl/N-ethyl adjacent to an activating group) is 1. The largest absolute Gasteiger partial charge is 0.343 e. The third-order valence-electron chi connectivity index (χ3n) is 3.42. The van der Waals surface area contributed by atoms with E-state index >= 15 is 0 Å². The molecule has 1 aliphatic heterocycles. The lowest BCUT2D eigenvalue weighted by Crippen LogP contribution is -2.28. The molecule has 0 aromatic carbocycles. The number of hydrogen-bond donors (Lipinski definition) is 2. The molecule has 2 rings (SSSR count). The molecule has 0 spiro atoms. The standard InChI is InChI=1S/C13H17IN6O5S/c1-18(2)12(22)9-8(17-26(5,24)25)10(20(4)16-9)15-7-6(14)11(21)19(3)13(7)23/h15,17H,1-5H3. The Balaban J connectivity index is 2.60. The van der Waals surface area contributed by atoms with E-state index in [-0.39, 0.29) is 26.5 Å². The number of amides is 3. The summed E-state index contributed by atoms with van der Waals surface area (Å²) in [5, 5.41) is 6.79. The number of hydrogen-bond acceptors (Lipinski definition) is 7.